The van der Waals surface area contributed by atoms with E-state index in [2.05, 4.69) is 75.3 Å². The van der Waals surface area contributed by atoms with E-state index in [9.17, 15) is 9.59 Å². The van der Waals surface area contributed by atoms with Crippen molar-refractivity contribution in [2.75, 3.05) is 51.4 Å². The van der Waals surface area contributed by atoms with E-state index in [0.717, 1.165) is 63.0 Å². The molecule has 1 atom stereocenters. The Morgan fingerprint density at radius 3 is 2.31 bits per heavy atom. The molecule has 2 aliphatic heterocycles. The predicted molar refractivity (Wildman–Crippen MR) is 225 cm³/mol. The van der Waals surface area contributed by atoms with Crippen molar-refractivity contribution in [3.05, 3.63) is 77.6 Å². The number of piperazine rings is 1. The van der Waals surface area contributed by atoms with Crippen LogP contribution in [-0.2, 0) is 52.6 Å². The van der Waals surface area contributed by atoms with Gasteiger partial charge in [0.25, 0.3) is 6.47 Å². The van der Waals surface area contributed by atoms with E-state index in [1.165, 1.54) is 0 Å². The van der Waals surface area contributed by atoms with Crippen molar-refractivity contribution in [3.63, 3.8) is 0 Å². The molecule has 2 aromatic carbocycles. The van der Waals surface area contributed by atoms with Crippen LogP contribution >= 0.6 is 0 Å². The van der Waals surface area contributed by atoms with Crippen LogP contribution in [0.1, 0.15) is 84.2 Å². The molecule has 3 fully saturated rings. The van der Waals surface area contributed by atoms with Gasteiger partial charge in [0.15, 0.2) is 0 Å². The number of aromatic nitrogens is 2. The molecule has 310 valence electrons. The summed E-state index contributed by atoms with van der Waals surface area (Å²) in [6, 6.07) is 18.5. The van der Waals surface area contributed by atoms with Crippen molar-refractivity contribution in [2.24, 2.45) is 5.41 Å². The maximum atomic E-state index is 13.1. The molecule has 2 aromatic heterocycles. The fourth-order valence-electron chi connectivity index (χ4n) is 8.02. The molecule has 7 rings (SSSR count). The lowest BCUT2D eigenvalue weighted by atomic mass is 9.78. The summed E-state index contributed by atoms with van der Waals surface area (Å²) in [6.07, 6.45) is 3.99. The second-order valence-electron chi connectivity index (χ2n) is 17.4. The average Bonchev–Trinajstić information content (AvgIpc) is 3.87. The fourth-order valence-corrected chi connectivity index (χ4v) is 8.02. The number of ether oxygens (including phenoxy) is 4. The number of hydrogen-bond donors (Lipinski definition) is 0. The zero-order valence-corrected chi connectivity index (χ0v) is 35.4. The first-order valence-corrected chi connectivity index (χ1v) is 20.7. The number of fused-ring (bicyclic) bond motifs is 1. The highest BCUT2D eigenvalue weighted by Gasteiger charge is 2.52. The van der Waals surface area contributed by atoms with E-state index in [1.807, 2.05) is 43.5 Å². The molecule has 4 heterocycles. The maximum absolute atomic E-state index is 13.1. The lowest BCUT2D eigenvalue weighted by Crippen LogP contribution is -2.49. The molecule has 0 N–H and O–H groups in total. The summed E-state index contributed by atoms with van der Waals surface area (Å²) in [5.41, 5.74) is 6.76. The number of carbonyl (C=O) groups excluding carboxylic acids is 2. The van der Waals surface area contributed by atoms with Crippen LogP contribution in [0.4, 0.5) is 10.5 Å². The molecule has 12 nitrogen and oxygen atoms in total. The predicted octanol–water partition coefficient (Wildman–Crippen LogP) is 7.09. The van der Waals surface area contributed by atoms with Crippen molar-refractivity contribution in [2.45, 2.75) is 104 Å². The Morgan fingerprint density at radius 2 is 1.67 bits per heavy atom. The Morgan fingerprint density at radius 1 is 0.966 bits per heavy atom. The quantitative estimate of drug-likeness (QED) is 0.0861. The summed E-state index contributed by atoms with van der Waals surface area (Å²) in [4.78, 5) is 33.7. The molecule has 2 saturated heterocycles. The van der Waals surface area contributed by atoms with Gasteiger partial charge < -0.3 is 42.6 Å². The van der Waals surface area contributed by atoms with Gasteiger partial charge in [0, 0.05) is 61.7 Å². The van der Waals surface area contributed by atoms with Gasteiger partial charge in [0.2, 0.25) is 0 Å². The highest BCUT2D eigenvalue weighted by molar-refractivity contribution is 6.62. The van der Waals surface area contributed by atoms with Crippen LogP contribution in [-0.4, -0.2) is 97.9 Å². The molecule has 0 unspecified atom stereocenters. The first kappa shape index (κ1) is 41.7. The van der Waals surface area contributed by atoms with Crippen molar-refractivity contribution in [1.29, 1.82) is 0 Å². The fraction of sp³-hybridized carbons (Fsp3) is 0.533. The van der Waals surface area contributed by atoms with Crippen LogP contribution in [0.3, 0.4) is 0 Å². The van der Waals surface area contributed by atoms with Gasteiger partial charge in [-0.3, -0.25) is 9.78 Å². The SMILES string of the molecule is CO[C@@H](C)c1ncc(N2CCN(C(=O)OCc3ccccc3)CC2)cc1-c1c(CC2(COC=O)CC2)c2cc(B3OC(C)(C)C(C)(C)O3)ccc2n1CCOC(C)C. The van der Waals surface area contributed by atoms with Gasteiger partial charge in [-0.15, -0.1) is 0 Å². The second-order valence-corrected chi connectivity index (χ2v) is 17.4. The van der Waals surface area contributed by atoms with E-state index < -0.39 is 18.3 Å². The van der Waals surface area contributed by atoms with Crippen LogP contribution < -0.4 is 10.4 Å². The number of amides is 1. The molecule has 0 bridgehead atoms. The van der Waals surface area contributed by atoms with Crippen LogP contribution in [0, 0.1) is 5.41 Å². The molecular weight excluding hydrogens is 735 g/mol. The van der Waals surface area contributed by atoms with Gasteiger partial charge in [-0.25, -0.2) is 4.79 Å². The summed E-state index contributed by atoms with van der Waals surface area (Å²) in [5, 5.41) is 1.09. The highest BCUT2D eigenvalue weighted by atomic mass is 16.7. The van der Waals surface area contributed by atoms with Crippen molar-refractivity contribution >= 4 is 41.7 Å². The molecule has 1 amide bonds. The van der Waals surface area contributed by atoms with E-state index in [4.69, 9.17) is 33.2 Å². The minimum Gasteiger partial charge on any atom is -0.467 e. The Kier molecular flexibility index (Phi) is 12.3. The number of pyridine rings is 1. The lowest BCUT2D eigenvalue weighted by Gasteiger charge is -2.35. The first-order chi connectivity index (χ1) is 27.7. The Labute approximate surface area is 343 Å². The zero-order valence-electron chi connectivity index (χ0n) is 35.4. The number of hydrogen-bond acceptors (Lipinski definition) is 10. The molecule has 13 heteroatoms. The third kappa shape index (κ3) is 8.78. The standard InChI is InChI=1S/C45H59BN4O8/c1-31(2)55-23-22-50-39-15-14-34(46-57-43(4,5)44(6,7)58-46)24-36(39)38(26-45(16-17-45)29-54-30-51)41(50)37-25-35(27-47-40(37)32(3)53-8)48-18-20-49(21-19-48)42(52)56-28-33-12-10-9-11-13-33/h9-15,24-25,27,30-32H,16-23,26,28-29H2,1-8H3/t32-/m0/s1. The van der Waals surface area contributed by atoms with Gasteiger partial charge in [-0.1, -0.05) is 42.5 Å². The molecular formula is C45H59BN4O8. The number of benzene rings is 2. The molecule has 0 spiro atoms. The second kappa shape index (κ2) is 17.0. The number of carbonyl (C=O) groups is 2. The zero-order chi connectivity index (χ0) is 41.2. The van der Waals surface area contributed by atoms with Crippen molar-refractivity contribution in [3.8, 4) is 11.3 Å². The van der Waals surface area contributed by atoms with Crippen LogP contribution in [0.2, 0.25) is 0 Å². The number of methoxy groups -OCH3 is 1. The van der Waals surface area contributed by atoms with Gasteiger partial charge in [-0.2, -0.15) is 0 Å². The highest BCUT2D eigenvalue weighted by Crippen LogP contribution is 2.52. The molecule has 1 aliphatic carbocycles. The molecule has 3 aliphatic rings. The van der Waals surface area contributed by atoms with Crippen molar-refractivity contribution < 1.29 is 37.8 Å². The van der Waals surface area contributed by atoms with Crippen molar-refractivity contribution in [1.82, 2.24) is 14.5 Å². The van der Waals surface area contributed by atoms with E-state index in [1.54, 1.807) is 12.0 Å². The topological polar surface area (TPSA) is 114 Å². The first-order valence-electron chi connectivity index (χ1n) is 20.7. The third-order valence-electron chi connectivity index (χ3n) is 12.5. The molecule has 0 radical (unpaired) electrons. The van der Waals surface area contributed by atoms with E-state index in [-0.39, 0.29) is 30.3 Å². The maximum Gasteiger partial charge on any atom is 0.494 e. The number of nitrogens with zero attached hydrogens (tertiary/aromatic N) is 4. The smallest absolute Gasteiger partial charge is 0.467 e. The van der Waals surface area contributed by atoms with E-state index in [0.29, 0.717) is 58.8 Å². The monoisotopic (exact) mass is 794 g/mol. The summed E-state index contributed by atoms with van der Waals surface area (Å²) in [7, 11) is 1.18. The summed E-state index contributed by atoms with van der Waals surface area (Å²) < 4.78 is 38.7. The largest absolute Gasteiger partial charge is 0.494 e. The molecule has 1 saturated carbocycles. The minimum atomic E-state index is -0.532. The van der Waals surface area contributed by atoms with Gasteiger partial charge in [0.05, 0.1) is 59.9 Å². The Hall–Kier alpha value is -4.43. The normalized spacial score (nSPS) is 18.8. The Balaban J connectivity index is 1.30. The van der Waals surface area contributed by atoms with Gasteiger partial charge in [0.1, 0.15) is 6.61 Å². The van der Waals surface area contributed by atoms with Gasteiger partial charge in [-0.05, 0) is 96.5 Å². The van der Waals surface area contributed by atoms with E-state index >= 15 is 0 Å². The number of anilines is 1. The lowest BCUT2D eigenvalue weighted by molar-refractivity contribution is -0.130. The number of rotatable bonds is 16. The molecule has 4 aromatic rings. The van der Waals surface area contributed by atoms with Crippen LogP contribution in [0.15, 0.2) is 60.8 Å². The van der Waals surface area contributed by atoms with Gasteiger partial charge >= 0.3 is 13.2 Å². The summed E-state index contributed by atoms with van der Waals surface area (Å²) >= 11 is 0. The molecule has 58 heavy (non-hydrogen) atoms. The van der Waals surface area contributed by atoms with Crippen LogP contribution in [0.25, 0.3) is 22.2 Å². The minimum absolute atomic E-state index is 0.0679. The van der Waals surface area contributed by atoms with Crippen LogP contribution in [0.5, 0.6) is 0 Å². The summed E-state index contributed by atoms with van der Waals surface area (Å²) in [5.74, 6) is 0. The third-order valence-corrected chi connectivity index (χ3v) is 12.5. The summed E-state index contributed by atoms with van der Waals surface area (Å²) in [6.45, 7) is 19.0. The average molecular weight is 795 g/mol. The Bertz CT molecular complexity index is 2060.